The van der Waals surface area contributed by atoms with Crippen LogP contribution >= 0.6 is 0 Å². The van der Waals surface area contributed by atoms with Crippen molar-refractivity contribution in [2.24, 2.45) is 0 Å². The fraction of sp³-hybridized carbons (Fsp3) is 0.364. The molecular weight excluding hydrogens is 343 g/mol. The van der Waals surface area contributed by atoms with Gasteiger partial charge in [0, 0.05) is 5.69 Å². The van der Waals surface area contributed by atoms with E-state index in [0.717, 1.165) is 37.7 Å². The summed E-state index contributed by atoms with van der Waals surface area (Å²) in [7, 11) is 0. The van der Waals surface area contributed by atoms with Gasteiger partial charge in [0.2, 0.25) is 5.91 Å². The average Bonchev–Trinajstić information content (AvgIpc) is 2.70. The summed E-state index contributed by atoms with van der Waals surface area (Å²) in [6.07, 6.45) is 4.46. The molecular formula is C22H23FN2O2. The van der Waals surface area contributed by atoms with E-state index in [1.165, 1.54) is 12.1 Å². The second-order valence-corrected chi connectivity index (χ2v) is 6.86. The van der Waals surface area contributed by atoms with Crippen LogP contribution in [-0.4, -0.2) is 12.5 Å². The summed E-state index contributed by atoms with van der Waals surface area (Å²) in [5.74, 6) is 0.0843. The molecule has 1 fully saturated rings. The zero-order valence-corrected chi connectivity index (χ0v) is 15.4. The molecule has 0 aliphatic heterocycles. The normalized spacial score (nSPS) is 15.6. The Labute approximate surface area is 159 Å². The first-order valence-corrected chi connectivity index (χ1v) is 9.33. The molecule has 1 N–H and O–H groups in total. The lowest BCUT2D eigenvalue weighted by atomic mass is 9.68. The topological polar surface area (TPSA) is 62.1 Å². The molecule has 0 bridgehead atoms. The number of ether oxygens (including phenoxy) is 1. The Morgan fingerprint density at radius 3 is 2.52 bits per heavy atom. The number of nitrogens with one attached hydrogen (secondary N) is 1. The number of hydrogen-bond donors (Lipinski definition) is 1. The van der Waals surface area contributed by atoms with E-state index < -0.39 is 5.41 Å². The van der Waals surface area contributed by atoms with E-state index in [1.807, 2.05) is 6.92 Å². The van der Waals surface area contributed by atoms with Crippen LogP contribution in [0.1, 0.15) is 50.2 Å². The molecule has 0 spiro atoms. The van der Waals surface area contributed by atoms with Crippen molar-refractivity contribution < 1.29 is 13.9 Å². The lowest BCUT2D eigenvalue weighted by Gasteiger charge is -2.36. The maximum Gasteiger partial charge on any atom is 0.235 e. The molecule has 0 radical (unpaired) electrons. The number of nitrogens with zero attached hydrogens (tertiary/aromatic N) is 1. The van der Waals surface area contributed by atoms with E-state index in [-0.39, 0.29) is 11.7 Å². The maximum absolute atomic E-state index is 13.4. The molecule has 0 unspecified atom stereocenters. The second kappa shape index (κ2) is 8.22. The van der Waals surface area contributed by atoms with Crippen molar-refractivity contribution in [1.29, 1.82) is 5.26 Å². The van der Waals surface area contributed by atoms with Crippen LogP contribution in [0.25, 0.3) is 0 Å². The van der Waals surface area contributed by atoms with E-state index in [2.05, 4.69) is 11.4 Å². The van der Waals surface area contributed by atoms with Crippen molar-refractivity contribution in [2.45, 2.75) is 44.4 Å². The average molecular weight is 366 g/mol. The fourth-order valence-corrected chi connectivity index (χ4v) is 3.80. The fourth-order valence-electron chi connectivity index (χ4n) is 3.80. The van der Waals surface area contributed by atoms with Gasteiger partial charge in [-0.3, -0.25) is 4.79 Å². The van der Waals surface area contributed by atoms with Crippen LogP contribution in [0.5, 0.6) is 5.75 Å². The molecule has 5 heteroatoms. The molecule has 2 aromatic carbocycles. The highest BCUT2D eigenvalue weighted by atomic mass is 19.1. The van der Waals surface area contributed by atoms with Crippen molar-refractivity contribution in [2.75, 3.05) is 11.9 Å². The minimum atomic E-state index is -0.669. The van der Waals surface area contributed by atoms with E-state index in [1.54, 1.807) is 30.3 Å². The molecule has 2 aromatic rings. The van der Waals surface area contributed by atoms with Gasteiger partial charge in [-0.15, -0.1) is 0 Å². The number of halogens is 1. The van der Waals surface area contributed by atoms with Gasteiger partial charge in [0.25, 0.3) is 0 Å². The smallest absolute Gasteiger partial charge is 0.235 e. The highest BCUT2D eigenvalue weighted by molar-refractivity contribution is 5.99. The molecule has 0 aromatic heterocycles. The monoisotopic (exact) mass is 366 g/mol. The van der Waals surface area contributed by atoms with Gasteiger partial charge in [-0.1, -0.05) is 31.4 Å². The van der Waals surface area contributed by atoms with Crippen LogP contribution in [0.3, 0.4) is 0 Å². The molecule has 0 heterocycles. The van der Waals surface area contributed by atoms with Crippen LogP contribution in [0.2, 0.25) is 0 Å². The zero-order chi connectivity index (χ0) is 19.3. The Hall–Kier alpha value is -2.87. The number of carbonyl (C=O) groups is 1. The summed E-state index contributed by atoms with van der Waals surface area (Å²) < 4.78 is 18.8. The number of benzene rings is 2. The molecule has 0 saturated heterocycles. The molecule has 1 aliphatic rings. The number of amides is 1. The van der Waals surface area contributed by atoms with Crippen molar-refractivity contribution in [3.05, 3.63) is 59.4 Å². The highest BCUT2D eigenvalue weighted by Gasteiger charge is 2.41. The van der Waals surface area contributed by atoms with Crippen molar-refractivity contribution in [3.63, 3.8) is 0 Å². The highest BCUT2D eigenvalue weighted by Crippen LogP contribution is 2.40. The van der Waals surface area contributed by atoms with E-state index in [4.69, 9.17) is 4.74 Å². The predicted molar refractivity (Wildman–Crippen MR) is 102 cm³/mol. The van der Waals surface area contributed by atoms with Gasteiger partial charge >= 0.3 is 0 Å². The first-order valence-electron chi connectivity index (χ1n) is 9.33. The van der Waals surface area contributed by atoms with Crippen LogP contribution in [0.15, 0.2) is 42.5 Å². The Morgan fingerprint density at radius 2 is 1.89 bits per heavy atom. The van der Waals surface area contributed by atoms with Crippen LogP contribution in [-0.2, 0) is 10.2 Å². The van der Waals surface area contributed by atoms with Gasteiger partial charge in [0.1, 0.15) is 17.6 Å². The van der Waals surface area contributed by atoms with Crippen molar-refractivity contribution in [3.8, 4) is 11.8 Å². The van der Waals surface area contributed by atoms with Gasteiger partial charge in [-0.05, 0) is 55.7 Å². The van der Waals surface area contributed by atoms with E-state index >= 15 is 0 Å². The summed E-state index contributed by atoms with van der Waals surface area (Å²) >= 11 is 0. The molecule has 140 valence electrons. The first kappa shape index (κ1) is 18.9. The molecule has 4 nitrogen and oxygen atoms in total. The summed E-state index contributed by atoms with van der Waals surface area (Å²) in [5, 5.41) is 12.3. The number of nitriles is 1. The minimum absolute atomic E-state index is 0.109. The third kappa shape index (κ3) is 3.95. The Bertz CT molecular complexity index is 850. The Morgan fingerprint density at radius 1 is 1.19 bits per heavy atom. The lowest BCUT2D eigenvalue weighted by Crippen LogP contribution is -2.42. The molecule has 27 heavy (non-hydrogen) atoms. The summed E-state index contributed by atoms with van der Waals surface area (Å²) in [6, 6.07) is 13.4. The SMILES string of the molecule is CCOc1ccc(NC(=O)C2(c3ccc(F)cc3)CCCCC2)cc1C#N. The molecule has 3 rings (SSSR count). The first-order chi connectivity index (χ1) is 13.1. The van der Waals surface area contributed by atoms with Crippen molar-refractivity contribution in [1.82, 2.24) is 0 Å². The minimum Gasteiger partial charge on any atom is -0.492 e. The zero-order valence-electron chi connectivity index (χ0n) is 15.4. The number of anilines is 1. The number of rotatable bonds is 5. The number of hydrogen-bond acceptors (Lipinski definition) is 3. The largest absolute Gasteiger partial charge is 0.492 e. The van der Waals surface area contributed by atoms with Gasteiger partial charge in [0.05, 0.1) is 17.6 Å². The van der Waals surface area contributed by atoms with Gasteiger partial charge in [-0.2, -0.15) is 5.26 Å². The molecule has 1 saturated carbocycles. The molecule has 1 amide bonds. The maximum atomic E-state index is 13.4. The third-order valence-corrected chi connectivity index (χ3v) is 5.20. The van der Waals surface area contributed by atoms with E-state index in [9.17, 15) is 14.4 Å². The van der Waals surface area contributed by atoms with Gasteiger partial charge in [0.15, 0.2) is 0 Å². The Balaban J connectivity index is 1.89. The summed E-state index contributed by atoms with van der Waals surface area (Å²) in [6.45, 7) is 2.32. The van der Waals surface area contributed by atoms with Gasteiger partial charge < -0.3 is 10.1 Å². The van der Waals surface area contributed by atoms with Crippen molar-refractivity contribution >= 4 is 11.6 Å². The van der Waals surface area contributed by atoms with Crippen LogP contribution in [0, 0.1) is 17.1 Å². The second-order valence-electron chi connectivity index (χ2n) is 6.86. The number of carbonyl (C=O) groups excluding carboxylic acids is 1. The van der Waals surface area contributed by atoms with E-state index in [0.29, 0.717) is 23.6 Å². The lowest BCUT2D eigenvalue weighted by molar-refractivity contribution is -0.122. The summed E-state index contributed by atoms with van der Waals surface area (Å²) in [5.41, 5.74) is 1.12. The quantitative estimate of drug-likeness (QED) is 0.815. The Kier molecular flexibility index (Phi) is 5.75. The molecule has 1 aliphatic carbocycles. The van der Waals surface area contributed by atoms with Gasteiger partial charge in [-0.25, -0.2) is 4.39 Å². The van der Waals surface area contributed by atoms with Crippen LogP contribution < -0.4 is 10.1 Å². The van der Waals surface area contributed by atoms with Crippen LogP contribution in [0.4, 0.5) is 10.1 Å². The predicted octanol–water partition coefficient (Wildman–Crippen LogP) is 4.94. The molecule has 0 atom stereocenters. The third-order valence-electron chi connectivity index (χ3n) is 5.20. The summed E-state index contributed by atoms with van der Waals surface area (Å²) in [4.78, 5) is 13.3. The standard InChI is InChI=1S/C22H23FN2O2/c1-2-27-20-11-10-19(14-16(20)15-24)25-21(26)22(12-4-3-5-13-22)17-6-8-18(23)9-7-17/h6-11,14H,2-5,12-13H2,1H3,(H,25,26).